The van der Waals surface area contributed by atoms with E-state index in [9.17, 15) is 4.79 Å². The van der Waals surface area contributed by atoms with Gasteiger partial charge in [-0.2, -0.15) is 0 Å². The summed E-state index contributed by atoms with van der Waals surface area (Å²) in [7, 11) is 3.30. The zero-order chi connectivity index (χ0) is 13.8. The fourth-order valence-corrected chi connectivity index (χ4v) is 1.79. The van der Waals surface area contributed by atoms with Crippen LogP contribution >= 0.6 is 0 Å². The third-order valence-corrected chi connectivity index (χ3v) is 2.83. The summed E-state index contributed by atoms with van der Waals surface area (Å²) >= 11 is 0. The van der Waals surface area contributed by atoms with Gasteiger partial charge in [0, 0.05) is 13.1 Å². The summed E-state index contributed by atoms with van der Waals surface area (Å²) in [5.74, 6) is 1.07. The van der Waals surface area contributed by atoms with Crippen LogP contribution in [0.25, 0.3) is 0 Å². The number of hydrogen-bond acceptors (Lipinski definition) is 4. The van der Waals surface area contributed by atoms with Crippen LogP contribution in [0.1, 0.15) is 21.8 Å². The van der Waals surface area contributed by atoms with Crippen molar-refractivity contribution in [2.75, 3.05) is 14.2 Å². The van der Waals surface area contributed by atoms with Gasteiger partial charge in [-0.05, 0) is 19.1 Å². The Hall–Kier alpha value is -2.30. The van der Waals surface area contributed by atoms with Crippen molar-refractivity contribution in [3.8, 4) is 5.88 Å². The van der Waals surface area contributed by atoms with E-state index in [0.29, 0.717) is 23.7 Å². The molecule has 0 unspecified atom stereocenters. The molecule has 0 N–H and O–H groups in total. The quantitative estimate of drug-likeness (QED) is 0.846. The summed E-state index contributed by atoms with van der Waals surface area (Å²) in [5, 5.41) is 0. The maximum atomic E-state index is 12.2. The van der Waals surface area contributed by atoms with Crippen LogP contribution in [0.4, 0.5) is 0 Å². The Kier molecular flexibility index (Phi) is 3.85. The third kappa shape index (κ3) is 2.93. The smallest absolute Gasteiger partial charge is 0.257 e. The van der Waals surface area contributed by atoms with Crippen LogP contribution in [0.5, 0.6) is 5.88 Å². The number of hydrogen-bond donors (Lipinski definition) is 0. The molecule has 0 bridgehead atoms. The molecule has 0 aliphatic carbocycles. The number of nitrogens with zero attached hydrogens (tertiary/aromatic N) is 2. The molecule has 5 nitrogen and oxygen atoms in total. The Morgan fingerprint density at radius 2 is 2.21 bits per heavy atom. The Morgan fingerprint density at radius 1 is 1.42 bits per heavy atom. The Morgan fingerprint density at radius 3 is 2.84 bits per heavy atom. The van der Waals surface area contributed by atoms with E-state index in [-0.39, 0.29) is 5.91 Å². The number of rotatable bonds is 4. The summed E-state index contributed by atoms with van der Waals surface area (Å²) in [6.45, 7) is 2.19. The van der Waals surface area contributed by atoms with Gasteiger partial charge < -0.3 is 14.1 Å². The van der Waals surface area contributed by atoms with Crippen molar-refractivity contribution in [1.29, 1.82) is 0 Å². The number of carbonyl (C=O) groups excluding carboxylic acids is 1. The van der Waals surface area contributed by atoms with Crippen LogP contribution < -0.4 is 4.74 Å². The molecule has 100 valence electrons. The predicted octanol–water partition coefficient (Wildman–Crippen LogP) is 2.26. The summed E-state index contributed by atoms with van der Waals surface area (Å²) < 4.78 is 10.2. The van der Waals surface area contributed by atoms with Crippen molar-refractivity contribution in [2.24, 2.45) is 0 Å². The molecule has 2 aromatic rings. The second-order valence-electron chi connectivity index (χ2n) is 4.22. The van der Waals surface area contributed by atoms with Crippen molar-refractivity contribution in [3.63, 3.8) is 0 Å². The highest BCUT2D eigenvalue weighted by Crippen LogP contribution is 2.14. The standard InChI is InChI=1S/C14H16N2O3/c1-10-12(7-8-19-10)14(17)16(2)9-11-5-4-6-13(15-11)18-3/h4-8H,9H2,1-3H3. The average molecular weight is 260 g/mol. The number of methoxy groups -OCH3 is 1. The lowest BCUT2D eigenvalue weighted by Gasteiger charge is -2.16. The van der Waals surface area contributed by atoms with Gasteiger partial charge in [-0.3, -0.25) is 4.79 Å². The lowest BCUT2D eigenvalue weighted by Crippen LogP contribution is -2.26. The van der Waals surface area contributed by atoms with Gasteiger partial charge in [0.1, 0.15) is 5.76 Å². The van der Waals surface area contributed by atoms with Gasteiger partial charge in [-0.25, -0.2) is 4.98 Å². The predicted molar refractivity (Wildman–Crippen MR) is 70.0 cm³/mol. The van der Waals surface area contributed by atoms with Gasteiger partial charge in [0.25, 0.3) is 5.91 Å². The van der Waals surface area contributed by atoms with Crippen LogP contribution in [0.3, 0.4) is 0 Å². The molecule has 0 atom stereocenters. The van der Waals surface area contributed by atoms with Gasteiger partial charge in [0.15, 0.2) is 0 Å². The average Bonchev–Trinajstić information content (AvgIpc) is 2.84. The number of furan rings is 1. The first-order chi connectivity index (χ1) is 9.11. The van der Waals surface area contributed by atoms with E-state index in [1.54, 1.807) is 38.1 Å². The molecule has 0 aliphatic rings. The number of pyridine rings is 1. The van der Waals surface area contributed by atoms with Crippen molar-refractivity contribution in [3.05, 3.63) is 47.5 Å². The van der Waals surface area contributed by atoms with Crippen molar-refractivity contribution in [1.82, 2.24) is 9.88 Å². The van der Waals surface area contributed by atoms with E-state index in [2.05, 4.69) is 4.98 Å². The van der Waals surface area contributed by atoms with E-state index < -0.39 is 0 Å². The molecule has 0 aliphatic heterocycles. The van der Waals surface area contributed by atoms with Gasteiger partial charge in [0.05, 0.1) is 31.2 Å². The molecular weight excluding hydrogens is 244 g/mol. The van der Waals surface area contributed by atoms with E-state index in [0.717, 1.165) is 5.69 Å². The first-order valence-electron chi connectivity index (χ1n) is 5.91. The fraction of sp³-hybridized carbons (Fsp3) is 0.286. The molecule has 0 saturated heterocycles. The highest BCUT2D eigenvalue weighted by Gasteiger charge is 2.16. The molecule has 0 spiro atoms. The second kappa shape index (κ2) is 5.56. The number of amides is 1. The molecule has 5 heteroatoms. The van der Waals surface area contributed by atoms with Gasteiger partial charge in [-0.15, -0.1) is 0 Å². The van der Waals surface area contributed by atoms with Crippen molar-refractivity contribution >= 4 is 5.91 Å². The first-order valence-corrected chi connectivity index (χ1v) is 5.91. The van der Waals surface area contributed by atoms with Crippen LogP contribution in [0, 0.1) is 6.92 Å². The Labute approximate surface area is 111 Å². The van der Waals surface area contributed by atoms with Crippen molar-refractivity contribution in [2.45, 2.75) is 13.5 Å². The monoisotopic (exact) mass is 260 g/mol. The molecule has 0 aromatic carbocycles. The lowest BCUT2D eigenvalue weighted by atomic mass is 10.2. The van der Waals surface area contributed by atoms with E-state index in [1.165, 1.54) is 6.26 Å². The topological polar surface area (TPSA) is 55.6 Å². The highest BCUT2D eigenvalue weighted by atomic mass is 16.5. The first kappa shape index (κ1) is 13.1. The van der Waals surface area contributed by atoms with Crippen LogP contribution in [0.15, 0.2) is 34.9 Å². The molecule has 2 aromatic heterocycles. The molecule has 0 saturated carbocycles. The summed E-state index contributed by atoms with van der Waals surface area (Å²) in [4.78, 5) is 18.1. The molecule has 2 heterocycles. The summed E-state index contributed by atoms with van der Waals surface area (Å²) in [6.07, 6.45) is 1.51. The minimum atomic E-state index is -0.0872. The zero-order valence-corrected chi connectivity index (χ0v) is 11.2. The van der Waals surface area contributed by atoms with Gasteiger partial charge >= 0.3 is 0 Å². The minimum Gasteiger partial charge on any atom is -0.481 e. The number of ether oxygens (including phenoxy) is 1. The number of carbonyl (C=O) groups is 1. The van der Waals surface area contributed by atoms with Gasteiger partial charge in [-0.1, -0.05) is 6.07 Å². The summed E-state index contributed by atoms with van der Waals surface area (Å²) in [5.41, 5.74) is 1.35. The van der Waals surface area contributed by atoms with E-state index >= 15 is 0 Å². The number of aromatic nitrogens is 1. The van der Waals surface area contributed by atoms with Crippen molar-refractivity contribution < 1.29 is 13.9 Å². The Bertz CT molecular complexity index is 578. The number of aryl methyl sites for hydroxylation is 1. The molecular formula is C14H16N2O3. The summed E-state index contributed by atoms with van der Waals surface area (Å²) in [6, 6.07) is 7.15. The largest absolute Gasteiger partial charge is 0.481 e. The van der Waals surface area contributed by atoms with Crippen LogP contribution in [-0.2, 0) is 6.54 Å². The lowest BCUT2D eigenvalue weighted by molar-refractivity contribution is 0.0781. The third-order valence-electron chi connectivity index (χ3n) is 2.83. The molecule has 1 amide bonds. The fourth-order valence-electron chi connectivity index (χ4n) is 1.79. The maximum absolute atomic E-state index is 12.2. The molecule has 2 rings (SSSR count). The molecule has 0 radical (unpaired) electrons. The van der Waals surface area contributed by atoms with E-state index in [4.69, 9.17) is 9.15 Å². The van der Waals surface area contributed by atoms with Gasteiger partial charge in [0.2, 0.25) is 5.88 Å². The SMILES string of the molecule is COc1cccc(CN(C)C(=O)c2ccoc2C)n1. The highest BCUT2D eigenvalue weighted by molar-refractivity contribution is 5.94. The minimum absolute atomic E-state index is 0.0872. The maximum Gasteiger partial charge on any atom is 0.257 e. The van der Waals surface area contributed by atoms with Crippen LogP contribution in [0.2, 0.25) is 0 Å². The Balaban J connectivity index is 2.10. The van der Waals surface area contributed by atoms with Crippen LogP contribution in [-0.4, -0.2) is 29.9 Å². The normalized spacial score (nSPS) is 10.3. The molecule has 0 fully saturated rings. The zero-order valence-electron chi connectivity index (χ0n) is 11.2. The van der Waals surface area contributed by atoms with E-state index in [1.807, 2.05) is 12.1 Å². The molecule has 19 heavy (non-hydrogen) atoms. The second-order valence-corrected chi connectivity index (χ2v) is 4.22.